The van der Waals surface area contributed by atoms with Gasteiger partial charge in [0.1, 0.15) is 5.65 Å². The molecule has 1 amide bonds. The Labute approximate surface area is 137 Å². The number of rotatable bonds is 4. The van der Waals surface area contributed by atoms with Gasteiger partial charge in [0.25, 0.3) is 0 Å². The molecule has 0 aromatic carbocycles. The zero-order chi connectivity index (χ0) is 16.0. The molecule has 0 bridgehead atoms. The Hall–Kier alpha value is -2.34. The maximum absolute atomic E-state index is 12.4. The van der Waals surface area contributed by atoms with Crippen molar-refractivity contribution < 1.29 is 4.79 Å². The number of fused-ring (bicyclic) bond motifs is 1. The highest BCUT2D eigenvalue weighted by atomic mass is 35.5. The van der Waals surface area contributed by atoms with Crippen LogP contribution in [0.1, 0.15) is 43.0 Å². The topological polar surface area (TPSA) is 75.1 Å². The lowest BCUT2D eigenvalue weighted by Crippen LogP contribution is -2.19. The Kier molecular flexibility index (Phi) is 3.34. The van der Waals surface area contributed by atoms with Crippen molar-refractivity contribution in [1.82, 2.24) is 19.6 Å². The van der Waals surface area contributed by atoms with Gasteiger partial charge in [-0.25, -0.2) is 4.98 Å². The molecule has 1 saturated carbocycles. The number of hydrogen-bond donors (Lipinski definition) is 2. The van der Waals surface area contributed by atoms with E-state index in [1.165, 1.54) is 12.8 Å². The fraction of sp³-hybridized carbons (Fsp3) is 0.312. The molecule has 1 atom stereocenters. The van der Waals surface area contributed by atoms with E-state index < -0.39 is 0 Å². The van der Waals surface area contributed by atoms with E-state index in [1.54, 1.807) is 12.3 Å². The molecule has 1 aliphatic rings. The molecule has 0 radical (unpaired) electrons. The summed E-state index contributed by atoms with van der Waals surface area (Å²) in [4.78, 5) is 16.9. The fourth-order valence-electron chi connectivity index (χ4n) is 2.57. The zero-order valence-electron chi connectivity index (χ0n) is 12.6. The Balaban J connectivity index is 1.51. The van der Waals surface area contributed by atoms with Crippen molar-refractivity contribution in [3.05, 3.63) is 47.0 Å². The molecule has 0 saturated heterocycles. The van der Waals surface area contributed by atoms with E-state index in [-0.39, 0.29) is 11.8 Å². The van der Waals surface area contributed by atoms with Crippen LogP contribution in [-0.4, -0.2) is 25.5 Å². The molecule has 3 aromatic rings. The molecule has 3 aromatic heterocycles. The predicted molar refractivity (Wildman–Crippen MR) is 87.8 cm³/mol. The van der Waals surface area contributed by atoms with Crippen LogP contribution in [0.5, 0.6) is 0 Å². The number of carbonyl (C=O) groups is 1. The molecule has 0 unspecified atom stereocenters. The first-order valence-electron chi connectivity index (χ1n) is 7.60. The second kappa shape index (κ2) is 5.38. The average molecular weight is 330 g/mol. The summed E-state index contributed by atoms with van der Waals surface area (Å²) >= 11 is 5.97. The third-order valence-electron chi connectivity index (χ3n) is 4.14. The molecule has 23 heavy (non-hydrogen) atoms. The number of anilines is 1. The van der Waals surface area contributed by atoms with Crippen LogP contribution < -0.4 is 5.32 Å². The van der Waals surface area contributed by atoms with E-state index in [0.29, 0.717) is 22.5 Å². The number of aromatic nitrogens is 4. The Morgan fingerprint density at radius 2 is 2.26 bits per heavy atom. The lowest BCUT2D eigenvalue weighted by molar-refractivity contribution is -0.117. The molecule has 0 aliphatic heterocycles. The molecule has 2 N–H and O–H groups in total. The summed E-state index contributed by atoms with van der Waals surface area (Å²) < 4.78 is 1.82. The second-order valence-electron chi connectivity index (χ2n) is 5.97. The van der Waals surface area contributed by atoms with Gasteiger partial charge in [-0.1, -0.05) is 11.6 Å². The summed E-state index contributed by atoms with van der Waals surface area (Å²) in [5.74, 6) is 0.632. The molecule has 1 fully saturated rings. The molecule has 0 spiro atoms. The standard InChI is InChI=1S/C16H16ClN5O/c1-9(13-8-22-7-11(17)4-5-15(22)18-13)16(23)19-14-6-12(20-21-14)10-2-3-10/h4-10H,2-3H2,1H3,(H2,19,20,21,23)/t9-/m1/s1. The first-order chi connectivity index (χ1) is 11.1. The van der Waals surface area contributed by atoms with Crippen LogP contribution in [0.15, 0.2) is 30.6 Å². The van der Waals surface area contributed by atoms with Crippen molar-refractivity contribution in [3.63, 3.8) is 0 Å². The Morgan fingerprint density at radius 1 is 1.43 bits per heavy atom. The van der Waals surface area contributed by atoms with Gasteiger partial charge in [-0.3, -0.25) is 9.89 Å². The lowest BCUT2D eigenvalue weighted by atomic mass is 10.1. The minimum absolute atomic E-state index is 0.131. The second-order valence-corrected chi connectivity index (χ2v) is 6.41. The van der Waals surface area contributed by atoms with Gasteiger partial charge < -0.3 is 9.72 Å². The number of pyridine rings is 1. The number of amides is 1. The number of hydrogen-bond acceptors (Lipinski definition) is 3. The number of nitrogens with zero attached hydrogens (tertiary/aromatic N) is 3. The highest BCUT2D eigenvalue weighted by Gasteiger charge is 2.26. The van der Waals surface area contributed by atoms with Crippen LogP contribution in [0.4, 0.5) is 5.82 Å². The summed E-state index contributed by atoms with van der Waals surface area (Å²) in [7, 11) is 0. The third-order valence-corrected chi connectivity index (χ3v) is 4.36. The molecule has 1 aliphatic carbocycles. The largest absolute Gasteiger partial charge is 0.309 e. The van der Waals surface area contributed by atoms with Gasteiger partial charge in [-0.15, -0.1) is 0 Å². The van der Waals surface area contributed by atoms with Gasteiger partial charge in [0.05, 0.1) is 16.6 Å². The van der Waals surface area contributed by atoms with Crippen LogP contribution in [0.2, 0.25) is 5.02 Å². The Morgan fingerprint density at radius 3 is 3.04 bits per heavy atom. The van der Waals surface area contributed by atoms with E-state index in [9.17, 15) is 4.79 Å². The molecule has 4 rings (SSSR count). The molecular weight excluding hydrogens is 314 g/mol. The summed E-state index contributed by atoms with van der Waals surface area (Å²) in [6.45, 7) is 1.83. The van der Waals surface area contributed by atoms with Crippen LogP contribution in [0, 0.1) is 0 Å². The highest BCUT2D eigenvalue weighted by Crippen LogP contribution is 2.39. The van der Waals surface area contributed by atoms with Gasteiger partial charge in [0.2, 0.25) is 5.91 Å². The van der Waals surface area contributed by atoms with Crippen molar-refractivity contribution in [2.75, 3.05) is 5.32 Å². The summed E-state index contributed by atoms with van der Waals surface area (Å²) in [6.07, 6.45) is 5.98. The van der Waals surface area contributed by atoms with Crippen molar-refractivity contribution in [3.8, 4) is 0 Å². The number of aromatic amines is 1. The highest BCUT2D eigenvalue weighted by molar-refractivity contribution is 6.30. The molecule has 7 heteroatoms. The monoisotopic (exact) mass is 329 g/mol. The minimum atomic E-state index is -0.380. The Bertz CT molecular complexity index is 880. The number of carbonyl (C=O) groups excluding carboxylic acids is 1. The smallest absolute Gasteiger partial charge is 0.234 e. The normalized spacial score (nSPS) is 15.7. The third kappa shape index (κ3) is 2.82. The van der Waals surface area contributed by atoms with Crippen molar-refractivity contribution >= 4 is 29.0 Å². The van der Waals surface area contributed by atoms with E-state index in [4.69, 9.17) is 11.6 Å². The van der Waals surface area contributed by atoms with Crippen LogP contribution in [0.3, 0.4) is 0 Å². The van der Waals surface area contributed by atoms with E-state index >= 15 is 0 Å². The van der Waals surface area contributed by atoms with E-state index in [2.05, 4.69) is 20.5 Å². The predicted octanol–water partition coefficient (Wildman–Crippen LogP) is 3.33. The maximum Gasteiger partial charge on any atom is 0.234 e. The van der Waals surface area contributed by atoms with Crippen molar-refractivity contribution in [2.45, 2.75) is 31.6 Å². The van der Waals surface area contributed by atoms with E-state index in [0.717, 1.165) is 11.3 Å². The molecular formula is C16H16ClN5O. The van der Waals surface area contributed by atoms with Crippen LogP contribution in [-0.2, 0) is 4.79 Å². The van der Waals surface area contributed by atoms with Gasteiger partial charge in [-0.05, 0) is 31.9 Å². The summed E-state index contributed by atoms with van der Waals surface area (Å²) in [6, 6.07) is 5.51. The number of imidazole rings is 1. The fourth-order valence-corrected chi connectivity index (χ4v) is 2.73. The van der Waals surface area contributed by atoms with Gasteiger partial charge in [-0.2, -0.15) is 5.10 Å². The molecule has 3 heterocycles. The number of H-pyrrole nitrogens is 1. The maximum atomic E-state index is 12.4. The van der Waals surface area contributed by atoms with E-state index in [1.807, 2.05) is 29.7 Å². The quantitative estimate of drug-likeness (QED) is 0.771. The lowest BCUT2D eigenvalue weighted by Gasteiger charge is -2.07. The first kappa shape index (κ1) is 14.3. The van der Waals surface area contributed by atoms with Gasteiger partial charge in [0, 0.05) is 30.1 Å². The summed E-state index contributed by atoms with van der Waals surface area (Å²) in [5.41, 5.74) is 2.55. The van der Waals surface area contributed by atoms with Gasteiger partial charge in [0.15, 0.2) is 5.82 Å². The SMILES string of the molecule is C[C@@H](C(=O)Nc1cc(C2CC2)[nH]n1)c1cn2cc(Cl)ccc2n1. The molecule has 6 nitrogen and oxygen atoms in total. The zero-order valence-corrected chi connectivity index (χ0v) is 13.3. The van der Waals surface area contributed by atoms with Crippen molar-refractivity contribution in [1.29, 1.82) is 0 Å². The average Bonchev–Trinajstić information content (AvgIpc) is 3.13. The molecule has 118 valence electrons. The first-order valence-corrected chi connectivity index (χ1v) is 7.98. The van der Waals surface area contributed by atoms with Gasteiger partial charge >= 0.3 is 0 Å². The minimum Gasteiger partial charge on any atom is -0.309 e. The van der Waals surface area contributed by atoms with Crippen LogP contribution in [0.25, 0.3) is 5.65 Å². The van der Waals surface area contributed by atoms with Crippen molar-refractivity contribution in [2.24, 2.45) is 0 Å². The summed E-state index contributed by atoms with van der Waals surface area (Å²) in [5, 5.41) is 10.6. The number of halogens is 1. The number of nitrogens with one attached hydrogen (secondary N) is 2. The van der Waals surface area contributed by atoms with Crippen LogP contribution >= 0.6 is 11.6 Å².